The van der Waals surface area contributed by atoms with Gasteiger partial charge in [0.05, 0.1) is 12.8 Å². The molecule has 0 radical (unpaired) electrons. The number of piperidine rings is 1. The molecule has 6 nitrogen and oxygen atoms in total. The molecule has 2 fully saturated rings. The number of aromatic nitrogens is 1. The number of carbonyl (C=O) groups is 1. The van der Waals surface area contributed by atoms with Gasteiger partial charge >= 0.3 is 0 Å². The van der Waals surface area contributed by atoms with Crippen molar-refractivity contribution in [2.75, 3.05) is 33.3 Å². The van der Waals surface area contributed by atoms with Crippen molar-refractivity contribution in [1.82, 2.24) is 15.0 Å². The fourth-order valence-electron chi connectivity index (χ4n) is 4.17. The molecule has 0 bridgehead atoms. The maximum Gasteiger partial charge on any atom is 0.292 e. The zero-order valence-electron chi connectivity index (χ0n) is 15.9. The third-order valence-corrected chi connectivity index (χ3v) is 5.64. The average molecular weight is 369 g/mol. The van der Waals surface area contributed by atoms with Crippen molar-refractivity contribution in [3.05, 3.63) is 47.3 Å². The Morgan fingerprint density at radius 2 is 2.04 bits per heavy atom. The van der Waals surface area contributed by atoms with E-state index in [0.29, 0.717) is 11.7 Å². The first-order valence-electron chi connectivity index (χ1n) is 9.84. The van der Waals surface area contributed by atoms with Gasteiger partial charge in [0.25, 0.3) is 5.91 Å². The van der Waals surface area contributed by atoms with Crippen molar-refractivity contribution in [2.24, 2.45) is 0 Å². The Hall–Kier alpha value is -2.34. The Morgan fingerprint density at radius 1 is 1.22 bits per heavy atom. The lowest BCUT2D eigenvalue weighted by Crippen LogP contribution is -2.34. The van der Waals surface area contributed by atoms with Gasteiger partial charge in [0, 0.05) is 43.7 Å². The second-order valence-corrected chi connectivity index (χ2v) is 7.50. The molecule has 0 aliphatic carbocycles. The van der Waals surface area contributed by atoms with Gasteiger partial charge in [-0.1, -0.05) is 23.4 Å². The van der Waals surface area contributed by atoms with Gasteiger partial charge in [-0.05, 0) is 38.3 Å². The van der Waals surface area contributed by atoms with Crippen LogP contribution in [0.1, 0.15) is 53.4 Å². The normalized spacial score (nSPS) is 20.8. The fourth-order valence-corrected chi connectivity index (χ4v) is 4.17. The highest BCUT2D eigenvalue weighted by Gasteiger charge is 2.28. The number of ether oxygens (including phenoxy) is 1. The molecule has 0 unspecified atom stereocenters. The summed E-state index contributed by atoms with van der Waals surface area (Å²) in [5, 5.41) is 4.23. The zero-order valence-corrected chi connectivity index (χ0v) is 15.9. The number of benzene rings is 1. The smallest absolute Gasteiger partial charge is 0.292 e. The standard InChI is InChI=1S/C21H27N3O3/c1-26-19-9-3-2-7-17(19)15-23-10-6-8-16(14-23)18-13-20(27-22-18)21(25)24-11-4-5-12-24/h2-3,7,9,13,16H,4-6,8,10-12,14-15H2,1H3/t16-/m1/s1. The molecule has 4 rings (SSSR count). The Morgan fingerprint density at radius 3 is 2.85 bits per heavy atom. The first kappa shape index (κ1) is 18.0. The van der Waals surface area contributed by atoms with E-state index < -0.39 is 0 Å². The first-order chi connectivity index (χ1) is 13.2. The van der Waals surface area contributed by atoms with Crippen LogP contribution >= 0.6 is 0 Å². The Labute approximate surface area is 160 Å². The zero-order chi connectivity index (χ0) is 18.6. The topological polar surface area (TPSA) is 58.8 Å². The number of para-hydroxylation sites is 1. The lowest BCUT2D eigenvalue weighted by molar-refractivity contribution is 0.0751. The maximum atomic E-state index is 12.5. The highest BCUT2D eigenvalue weighted by atomic mass is 16.5. The molecule has 144 valence electrons. The van der Waals surface area contributed by atoms with Crippen LogP contribution in [0.2, 0.25) is 0 Å². The molecule has 0 N–H and O–H groups in total. The second kappa shape index (κ2) is 8.13. The minimum Gasteiger partial charge on any atom is -0.496 e. The van der Waals surface area contributed by atoms with Crippen LogP contribution in [0.15, 0.2) is 34.9 Å². The average Bonchev–Trinajstić information content (AvgIpc) is 3.40. The SMILES string of the molecule is COc1ccccc1CN1CCC[C@@H](c2cc(C(=O)N3CCCC3)on2)C1. The van der Waals surface area contributed by atoms with Gasteiger partial charge in [-0.3, -0.25) is 9.69 Å². The molecular weight excluding hydrogens is 342 g/mol. The maximum absolute atomic E-state index is 12.5. The van der Waals surface area contributed by atoms with Crippen LogP contribution in [0.4, 0.5) is 0 Å². The second-order valence-electron chi connectivity index (χ2n) is 7.50. The van der Waals surface area contributed by atoms with Crippen LogP contribution in [-0.4, -0.2) is 54.2 Å². The number of carbonyl (C=O) groups excluding carboxylic acids is 1. The summed E-state index contributed by atoms with van der Waals surface area (Å²) in [6.45, 7) is 4.49. The monoisotopic (exact) mass is 369 g/mol. The predicted octanol–water partition coefficient (Wildman–Crippen LogP) is 3.30. The largest absolute Gasteiger partial charge is 0.496 e. The molecule has 1 amide bonds. The van der Waals surface area contributed by atoms with Gasteiger partial charge in [-0.15, -0.1) is 0 Å². The van der Waals surface area contributed by atoms with Gasteiger partial charge in [-0.25, -0.2) is 0 Å². The Bertz CT molecular complexity index is 782. The molecule has 0 spiro atoms. The summed E-state index contributed by atoms with van der Waals surface area (Å²) in [7, 11) is 1.71. The molecule has 3 heterocycles. The minimum atomic E-state index is -0.0204. The summed E-state index contributed by atoms with van der Waals surface area (Å²) < 4.78 is 10.9. The number of rotatable bonds is 5. The lowest BCUT2D eigenvalue weighted by atomic mass is 9.94. The van der Waals surface area contributed by atoms with Crippen LogP contribution in [0.25, 0.3) is 0 Å². The van der Waals surface area contributed by atoms with E-state index in [1.165, 1.54) is 5.56 Å². The molecule has 2 saturated heterocycles. The summed E-state index contributed by atoms with van der Waals surface area (Å²) in [6.07, 6.45) is 4.34. The summed E-state index contributed by atoms with van der Waals surface area (Å²) in [6, 6.07) is 10.0. The quantitative estimate of drug-likeness (QED) is 0.809. The molecule has 1 atom stereocenters. The van der Waals surface area contributed by atoms with Crippen LogP contribution in [0.5, 0.6) is 5.75 Å². The van der Waals surface area contributed by atoms with Crippen LogP contribution in [0, 0.1) is 0 Å². The third-order valence-electron chi connectivity index (χ3n) is 5.64. The molecule has 27 heavy (non-hydrogen) atoms. The highest BCUT2D eigenvalue weighted by Crippen LogP contribution is 2.29. The van der Waals surface area contributed by atoms with Crippen molar-refractivity contribution >= 4 is 5.91 Å². The number of amides is 1. The Kier molecular flexibility index (Phi) is 5.43. The first-order valence-corrected chi connectivity index (χ1v) is 9.84. The Balaban J connectivity index is 1.42. The number of likely N-dealkylation sites (tertiary alicyclic amines) is 2. The van der Waals surface area contributed by atoms with E-state index in [2.05, 4.69) is 16.1 Å². The summed E-state index contributed by atoms with van der Waals surface area (Å²) in [5.41, 5.74) is 2.10. The molecule has 1 aromatic carbocycles. The van der Waals surface area contributed by atoms with Gasteiger partial charge in [0.1, 0.15) is 5.75 Å². The van der Waals surface area contributed by atoms with Crippen molar-refractivity contribution < 1.29 is 14.1 Å². The summed E-state index contributed by atoms with van der Waals surface area (Å²) in [4.78, 5) is 16.8. The summed E-state index contributed by atoms with van der Waals surface area (Å²) in [5.74, 6) is 1.60. The van der Waals surface area contributed by atoms with E-state index in [1.807, 2.05) is 29.2 Å². The number of nitrogens with zero attached hydrogens (tertiary/aromatic N) is 3. The molecule has 2 aliphatic heterocycles. The van der Waals surface area contributed by atoms with Gasteiger partial charge in [0.2, 0.25) is 5.76 Å². The van der Waals surface area contributed by atoms with Gasteiger partial charge in [0.15, 0.2) is 0 Å². The van der Waals surface area contributed by atoms with Crippen molar-refractivity contribution in [3.8, 4) is 5.75 Å². The van der Waals surface area contributed by atoms with Crippen molar-refractivity contribution in [1.29, 1.82) is 0 Å². The van der Waals surface area contributed by atoms with Crippen LogP contribution in [0.3, 0.4) is 0 Å². The van der Waals surface area contributed by atoms with Crippen molar-refractivity contribution in [2.45, 2.75) is 38.1 Å². The number of hydrogen-bond acceptors (Lipinski definition) is 5. The minimum absolute atomic E-state index is 0.0204. The molecule has 2 aliphatic rings. The van der Waals surface area contributed by atoms with E-state index >= 15 is 0 Å². The van der Waals surface area contributed by atoms with Gasteiger partial charge < -0.3 is 14.2 Å². The molecule has 1 aromatic heterocycles. The number of hydrogen-bond donors (Lipinski definition) is 0. The third kappa shape index (κ3) is 4.00. The molecule has 0 saturated carbocycles. The van der Waals surface area contributed by atoms with E-state index in [4.69, 9.17) is 9.26 Å². The van der Waals surface area contributed by atoms with Gasteiger partial charge in [-0.2, -0.15) is 0 Å². The van der Waals surface area contributed by atoms with E-state index in [9.17, 15) is 4.79 Å². The van der Waals surface area contributed by atoms with Crippen molar-refractivity contribution in [3.63, 3.8) is 0 Å². The molecule has 2 aromatic rings. The molecular formula is C21H27N3O3. The summed E-state index contributed by atoms with van der Waals surface area (Å²) >= 11 is 0. The van der Waals surface area contributed by atoms with E-state index in [0.717, 1.165) is 69.9 Å². The number of methoxy groups -OCH3 is 1. The highest BCUT2D eigenvalue weighted by molar-refractivity contribution is 5.91. The van der Waals surface area contributed by atoms with Crippen LogP contribution in [-0.2, 0) is 6.54 Å². The fraction of sp³-hybridized carbons (Fsp3) is 0.524. The molecule has 6 heteroatoms. The van der Waals surface area contributed by atoms with E-state index in [-0.39, 0.29) is 5.91 Å². The lowest BCUT2D eigenvalue weighted by Gasteiger charge is -2.32. The van der Waals surface area contributed by atoms with Crippen LogP contribution < -0.4 is 4.74 Å². The predicted molar refractivity (Wildman–Crippen MR) is 102 cm³/mol. The van der Waals surface area contributed by atoms with E-state index in [1.54, 1.807) is 7.11 Å².